The third kappa shape index (κ3) is 3.86. The molecule has 0 aromatic heterocycles. The highest BCUT2D eigenvalue weighted by molar-refractivity contribution is 5.65. The molecule has 0 spiro atoms. The van der Waals surface area contributed by atoms with Crippen molar-refractivity contribution in [1.29, 1.82) is 0 Å². The maximum absolute atomic E-state index is 11.2. The summed E-state index contributed by atoms with van der Waals surface area (Å²) in [4.78, 5) is 13.2. The summed E-state index contributed by atoms with van der Waals surface area (Å²) in [7, 11) is 0. The summed E-state index contributed by atoms with van der Waals surface area (Å²) >= 11 is 0. The molecule has 0 atom stereocenters. The third-order valence-electron chi connectivity index (χ3n) is 4.13. The van der Waals surface area contributed by atoms with Crippen molar-refractivity contribution in [3.8, 4) is 0 Å². The summed E-state index contributed by atoms with van der Waals surface area (Å²) in [6, 6.07) is 5.90. The molecular weight excluding hydrogens is 266 g/mol. The summed E-state index contributed by atoms with van der Waals surface area (Å²) in [5, 5.41) is 14.4. The minimum atomic E-state index is -0.302. The molecule has 0 heterocycles. The Bertz CT molecular complexity index is 484. The Morgan fingerprint density at radius 3 is 2.57 bits per heavy atom. The molecule has 1 saturated carbocycles. The second kappa shape index (κ2) is 7.29. The molecule has 1 aliphatic carbocycles. The number of hydrogen-bond donors (Lipinski definition) is 1. The van der Waals surface area contributed by atoms with Gasteiger partial charge >= 0.3 is 0 Å². The van der Waals surface area contributed by atoms with Crippen LogP contribution in [-0.2, 0) is 0 Å². The topological polar surface area (TPSA) is 58.4 Å². The van der Waals surface area contributed by atoms with Gasteiger partial charge in [-0.2, -0.15) is 0 Å². The second-order valence-corrected chi connectivity index (χ2v) is 5.65. The number of non-ortho nitro benzene ring substituents is 1. The average molecular weight is 291 g/mol. The lowest BCUT2D eigenvalue weighted by Gasteiger charge is -2.30. The summed E-state index contributed by atoms with van der Waals surface area (Å²) in [5.74, 6) is 0. The van der Waals surface area contributed by atoms with Crippen molar-refractivity contribution in [2.45, 2.75) is 52.0 Å². The van der Waals surface area contributed by atoms with Crippen LogP contribution in [0, 0.1) is 10.1 Å². The quantitative estimate of drug-likeness (QED) is 0.604. The molecule has 1 fully saturated rings. The van der Waals surface area contributed by atoms with Crippen molar-refractivity contribution < 1.29 is 4.92 Å². The molecule has 5 heteroatoms. The molecule has 0 aliphatic heterocycles. The van der Waals surface area contributed by atoms with E-state index < -0.39 is 0 Å². The monoisotopic (exact) mass is 291 g/mol. The molecule has 1 N–H and O–H groups in total. The van der Waals surface area contributed by atoms with Gasteiger partial charge in [-0.25, -0.2) is 0 Å². The van der Waals surface area contributed by atoms with E-state index in [1.54, 1.807) is 12.1 Å². The van der Waals surface area contributed by atoms with Gasteiger partial charge in [-0.15, -0.1) is 0 Å². The standard InChI is InChI=1S/C16H25N3O2/c1-3-9-17-13-10-15(12-16(11-13)19(20)21)18(4-2)14-7-5-6-8-14/h10-12,14,17H,3-9H2,1-2H3. The van der Waals surface area contributed by atoms with Crippen molar-refractivity contribution in [1.82, 2.24) is 0 Å². The van der Waals surface area contributed by atoms with Gasteiger partial charge in [-0.05, 0) is 32.3 Å². The summed E-state index contributed by atoms with van der Waals surface area (Å²) in [6.07, 6.45) is 5.90. The predicted octanol–water partition coefficient (Wildman–Crippen LogP) is 4.19. The zero-order valence-electron chi connectivity index (χ0n) is 13.0. The normalized spacial score (nSPS) is 15.1. The summed E-state index contributed by atoms with van der Waals surface area (Å²) in [5.41, 5.74) is 1.98. The van der Waals surface area contributed by atoms with Crippen LogP contribution in [0.25, 0.3) is 0 Å². The van der Waals surface area contributed by atoms with E-state index in [-0.39, 0.29) is 10.6 Å². The number of rotatable bonds is 7. The van der Waals surface area contributed by atoms with Crippen LogP contribution in [0.1, 0.15) is 46.0 Å². The molecule has 0 amide bonds. The molecule has 21 heavy (non-hydrogen) atoms. The average Bonchev–Trinajstić information content (AvgIpc) is 2.99. The van der Waals surface area contributed by atoms with Gasteiger partial charge in [0.05, 0.1) is 4.92 Å². The van der Waals surface area contributed by atoms with Crippen LogP contribution in [-0.4, -0.2) is 24.1 Å². The number of hydrogen-bond acceptors (Lipinski definition) is 4. The first-order valence-electron chi connectivity index (χ1n) is 7.95. The highest BCUT2D eigenvalue weighted by Crippen LogP contribution is 2.32. The Morgan fingerprint density at radius 1 is 1.29 bits per heavy atom. The van der Waals surface area contributed by atoms with E-state index in [0.29, 0.717) is 6.04 Å². The van der Waals surface area contributed by atoms with Crippen molar-refractivity contribution in [2.24, 2.45) is 0 Å². The molecular formula is C16H25N3O2. The Labute approximate surface area is 126 Å². The van der Waals surface area contributed by atoms with Crippen LogP contribution in [0.2, 0.25) is 0 Å². The molecule has 2 rings (SSSR count). The fraction of sp³-hybridized carbons (Fsp3) is 0.625. The van der Waals surface area contributed by atoms with Gasteiger partial charge < -0.3 is 10.2 Å². The molecule has 1 aromatic carbocycles. The van der Waals surface area contributed by atoms with E-state index in [1.165, 1.54) is 25.7 Å². The predicted molar refractivity (Wildman–Crippen MR) is 87.2 cm³/mol. The minimum absolute atomic E-state index is 0.169. The molecule has 0 unspecified atom stereocenters. The lowest BCUT2D eigenvalue weighted by Crippen LogP contribution is -2.33. The summed E-state index contributed by atoms with van der Waals surface area (Å²) < 4.78 is 0. The van der Waals surface area contributed by atoms with Gasteiger partial charge in [-0.3, -0.25) is 10.1 Å². The first kappa shape index (κ1) is 15.6. The molecule has 1 aliphatic rings. The van der Waals surface area contributed by atoms with Crippen LogP contribution >= 0.6 is 0 Å². The van der Waals surface area contributed by atoms with Crippen LogP contribution in [0.4, 0.5) is 17.1 Å². The van der Waals surface area contributed by atoms with Gasteiger partial charge in [0.1, 0.15) is 0 Å². The van der Waals surface area contributed by atoms with Gasteiger partial charge in [0.25, 0.3) is 5.69 Å². The lowest BCUT2D eigenvalue weighted by molar-refractivity contribution is -0.384. The van der Waals surface area contributed by atoms with Crippen molar-refractivity contribution in [3.63, 3.8) is 0 Å². The van der Waals surface area contributed by atoms with E-state index in [2.05, 4.69) is 24.1 Å². The zero-order chi connectivity index (χ0) is 15.2. The molecule has 5 nitrogen and oxygen atoms in total. The van der Waals surface area contributed by atoms with Crippen LogP contribution in [0.5, 0.6) is 0 Å². The van der Waals surface area contributed by atoms with Crippen molar-refractivity contribution >= 4 is 17.1 Å². The number of benzene rings is 1. The first-order valence-corrected chi connectivity index (χ1v) is 7.95. The van der Waals surface area contributed by atoms with Gasteiger partial charge in [0.2, 0.25) is 0 Å². The van der Waals surface area contributed by atoms with Gasteiger partial charge in [-0.1, -0.05) is 19.8 Å². The van der Waals surface area contributed by atoms with Crippen LogP contribution in [0.3, 0.4) is 0 Å². The van der Waals surface area contributed by atoms with Crippen molar-refractivity contribution in [3.05, 3.63) is 28.3 Å². The maximum Gasteiger partial charge on any atom is 0.273 e. The fourth-order valence-electron chi connectivity index (χ4n) is 3.11. The van der Waals surface area contributed by atoms with E-state index in [4.69, 9.17) is 0 Å². The highest BCUT2D eigenvalue weighted by Gasteiger charge is 2.23. The Kier molecular flexibility index (Phi) is 5.42. The second-order valence-electron chi connectivity index (χ2n) is 5.65. The maximum atomic E-state index is 11.2. The lowest BCUT2D eigenvalue weighted by atomic mass is 10.1. The Morgan fingerprint density at radius 2 is 2.00 bits per heavy atom. The van der Waals surface area contributed by atoms with Crippen molar-refractivity contribution in [2.75, 3.05) is 23.3 Å². The van der Waals surface area contributed by atoms with E-state index >= 15 is 0 Å². The molecule has 0 radical (unpaired) electrons. The minimum Gasteiger partial charge on any atom is -0.385 e. The first-order chi connectivity index (χ1) is 10.2. The van der Waals surface area contributed by atoms with E-state index in [1.807, 2.05) is 6.07 Å². The summed E-state index contributed by atoms with van der Waals surface area (Å²) in [6.45, 7) is 5.92. The van der Waals surface area contributed by atoms with E-state index in [0.717, 1.165) is 30.9 Å². The molecule has 116 valence electrons. The highest BCUT2D eigenvalue weighted by atomic mass is 16.6. The van der Waals surface area contributed by atoms with Gasteiger partial charge in [0.15, 0.2) is 0 Å². The number of anilines is 2. The smallest absolute Gasteiger partial charge is 0.273 e. The molecule has 1 aromatic rings. The number of nitrogens with zero attached hydrogens (tertiary/aromatic N) is 2. The number of nitro groups is 1. The van der Waals surface area contributed by atoms with Gasteiger partial charge in [0, 0.05) is 42.6 Å². The Hall–Kier alpha value is -1.78. The Balaban J connectivity index is 2.30. The third-order valence-corrected chi connectivity index (χ3v) is 4.13. The zero-order valence-corrected chi connectivity index (χ0v) is 13.0. The number of nitro benzene ring substituents is 1. The molecule has 0 bridgehead atoms. The van der Waals surface area contributed by atoms with Crippen LogP contribution in [0.15, 0.2) is 18.2 Å². The van der Waals surface area contributed by atoms with E-state index in [9.17, 15) is 10.1 Å². The number of nitrogens with one attached hydrogen (secondary N) is 1. The largest absolute Gasteiger partial charge is 0.385 e. The molecule has 0 saturated heterocycles. The van der Waals surface area contributed by atoms with Crippen LogP contribution < -0.4 is 10.2 Å². The fourth-order valence-corrected chi connectivity index (χ4v) is 3.11. The SMILES string of the molecule is CCCNc1cc(N(CC)C2CCCC2)cc([N+](=O)[O-])c1.